The number of hydrogen-bond donors (Lipinski definition) is 1. The summed E-state index contributed by atoms with van der Waals surface area (Å²) in [5, 5.41) is 13.7. The van der Waals surface area contributed by atoms with E-state index in [4.69, 9.17) is 5.26 Å². The monoisotopic (exact) mass is 255 g/mol. The highest BCUT2D eigenvalue weighted by Crippen LogP contribution is 2.24. The summed E-state index contributed by atoms with van der Waals surface area (Å²) in [5.41, 5.74) is 3.55. The van der Waals surface area contributed by atoms with Crippen molar-refractivity contribution in [3.05, 3.63) is 35.5 Å². The molecular formula is C16H21N3. The third-order valence-electron chi connectivity index (χ3n) is 3.67. The molecule has 0 radical (unpaired) electrons. The molecule has 0 amide bonds. The standard InChI is InChI=1S/C16H21N3/c1-12-13-7-5-6-8-14(13)19(4)15(12)9-18-11-16(2,3)10-17/h5-8,18H,9,11H2,1-4H3. The zero-order valence-corrected chi connectivity index (χ0v) is 12.1. The van der Waals surface area contributed by atoms with Gasteiger partial charge in [-0.25, -0.2) is 0 Å². The molecule has 1 heterocycles. The van der Waals surface area contributed by atoms with Gasteiger partial charge in [0.15, 0.2) is 0 Å². The maximum atomic E-state index is 9.02. The Morgan fingerprint density at radius 2 is 2.00 bits per heavy atom. The van der Waals surface area contributed by atoms with Crippen LogP contribution < -0.4 is 5.32 Å². The molecule has 1 aromatic carbocycles. The topological polar surface area (TPSA) is 40.8 Å². The van der Waals surface area contributed by atoms with Gasteiger partial charge in [0, 0.05) is 36.7 Å². The molecule has 1 N–H and O–H groups in total. The fraction of sp³-hybridized carbons (Fsp3) is 0.438. The van der Waals surface area contributed by atoms with E-state index in [2.05, 4.69) is 54.2 Å². The van der Waals surface area contributed by atoms with Gasteiger partial charge >= 0.3 is 0 Å². The number of nitrogens with zero attached hydrogens (tertiary/aromatic N) is 2. The molecule has 3 nitrogen and oxygen atoms in total. The van der Waals surface area contributed by atoms with Crippen molar-refractivity contribution in [1.29, 1.82) is 5.26 Å². The molecule has 19 heavy (non-hydrogen) atoms. The lowest BCUT2D eigenvalue weighted by molar-refractivity contribution is 0.441. The Bertz CT molecular complexity index is 590. The Labute approximate surface area is 114 Å². The van der Waals surface area contributed by atoms with E-state index in [9.17, 15) is 0 Å². The SMILES string of the molecule is Cc1c(CNCC(C)(C)C#N)n(C)c2ccccc12. The molecular weight excluding hydrogens is 234 g/mol. The fourth-order valence-electron chi connectivity index (χ4n) is 2.42. The van der Waals surface area contributed by atoms with Gasteiger partial charge in [0.2, 0.25) is 0 Å². The average molecular weight is 255 g/mol. The first kappa shape index (κ1) is 13.6. The molecule has 0 atom stereocenters. The molecule has 1 aromatic heterocycles. The van der Waals surface area contributed by atoms with Gasteiger partial charge in [-0.1, -0.05) is 18.2 Å². The van der Waals surface area contributed by atoms with Crippen molar-refractivity contribution in [2.24, 2.45) is 12.5 Å². The number of nitrogens with one attached hydrogen (secondary N) is 1. The third-order valence-corrected chi connectivity index (χ3v) is 3.67. The second-order valence-electron chi connectivity index (χ2n) is 5.75. The van der Waals surface area contributed by atoms with Crippen LogP contribution in [-0.2, 0) is 13.6 Å². The molecule has 2 aromatic rings. The van der Waals surface area contributed by atoms with E-state index in [0.717, 1.165) is 6.54 Å². The van der Waals surface area contributed by atoms with Crippen molar-refractivity contribution < 1.29 is 0 Å². The van der Waals surface area contributed by atoms with Gasteiger partial charge < -0.3 is 9.88 Å². The van der Waals surface area contributed by atoms with Crippen molar-refractivity contribution >= 4 is 10.9 Å². The number of rotatable bonds is 4. The summed E-state index contributed by atoms with van der Waals surface area (Å²) in [6.45, 7) is 7.56. The number of aryl methyl sites for hydroxylation is 2. The lowest BCUT2D eigenvalue weighted by atomic mass is 9.96. The first-order chi connectivity index (χ1) is 8.96. The van der Waals surface area contributed by atoms with Gasteiger partial charge in [-0.3, -0.25) is 0 Å². The zero-order chi connectivity index (χ0) is 14.0. The predicted octanol–water partition coefficient (Wildman–Crippen LogP) is 3.13. The maximum absolute atomic E-state index is 9.02. The lowest BCUT2D eigenvalue weighted by Gasteiger charge is -2.16. The van der Waals surface area contributed by atoms with Crippen LogP contribution in [0.15, 0.2) is 24.3 Å². The minimum Gasteiger partial charge on any atom is -0.346 e. The van der Waals surface area contributed by atoms with E-state index in [-0.39, 0.29) is 5.41 Å². The minimum atomic E-state index is -0.321. The highest BCUT2D eigenvalue weighted by Gasteiger charge is 2.17. The van der Waals surface area contributed by atoms with Crippen LogP contribution in [-0.4, -0.2) is 11.1 Å². The van der Waals surface area contributed by atoms with Crippen LogP contribution in [0.4, 0.5) is 0 Å². The number of fused-ring (bicyclic) bond motifs is 1. The van der Waals surface area contributed by atoms with Gasteiger partial charge in [0.05, 0.1) is 11.5 Å². The first-order valence-electron chi connectivity index (χ1n) is 6.61. The Balaban J connectivity index is 2.20. The molecule has 0 aliphatic heterocycles. The highest BCUT2D eigenvalue weighted by molar-refractivity contribution is 5.85. The van der Waals surface area contributed by atoms with Crippen molar-refractivity contribution in [2.45, 2.75) is 27.3 Å². The van der Waals surface area contributed by atoms with E-state index in [1.54, 1.807) is 0 Å². The summed E-state index contributed by atoms with van der Waals surface area (Å²) in [6, 6.07) is 10.8. The number of para-hydroxylation sites is 1. The quantitative estimate of drug-likeness (QED) is 0.912. The smallest absolute Gasteiger partial charge is 0.0697 e. The van der Waals surface area contributed by atoms with E-state index in [1.807, 2.05) is 13.8 Å². The number of nitriles is 1. The van der Waals surface area contributed by atoms with E-state index in [0.29, 0.717) is 6.54 Å². The molecule has 0 unspecified atom stereocenters. The molecule has 0 fully saturated rings. The Morgan fingerprint density at radius 3 is 2.63 bits per heavy atom. The Hall–Kier alpha value is -1.79. The molecule has 0 aliphatic carbocycles. The van der Waals surface area contributed by atoms with E-state index >= 15 is 0 Å². The second-order valence-corrected chi connectivity index (χ2v) is 5.75. The van der Waals surface area contributed by atoms with E-state index < -0.39 is 0 Å². The normalized spacial score (nSPS) is 11.7. The molecule has 2 rings (SSSR count). The second kappa shape index (κ2) is 5.07. The van der Waals surface area contributed by atoms with Crippen LogP contribution in [0.3, 0.4) is 0 Å². The third kappa shape index (κ3) is 2.64. The van der Waals surface area contributed by atoms with Gasteiger partial charge in [-0.05, 0) is 32.4 Å². The lowest BCUT2D eigenvalue weighted by Crippen LogP contribution is -2.28. The van der Waals surface area contributed by atoms with Crippen molar-refractivity contribution in [2.75, 3.05) is 6.54 Å². The van der Waals surface area contributed by atoms with Crippen LogP contribution in [0.5, 0.6) is 0 Å². The summed E-state index contributed by atoms with van der Waals surface area (Å²) in [7, 11) is 2.10. The fourth-order valence-corrected chi connectivity index (χ4v) is 2.42. The average Bonchev–Trinajstić information content (AvgIpc) is 2.64. The summed E-state index contributed by atoms with van der Waals surface area (Å²) in [4.78, 5) is 0. The van der Waals surface area contributed by atoms with Crippen LogP contribution in [0.1, 0.15) is 25.1 Å². The Kier molecular flexibility index (Phi) is 3.64. The molecule has 100 valence electrons. The van der Waals surface area contributed by atoms with Gasteiger partial charge in [0.25, 0.3) is 0 Å². The number of hydrogen-bond acceptors (Lipinski definition) is 2. The van der Waals surface area contributed by atoms with Crippen LogP contribution in [0.2, 0.25) is 0 Å². The minimum absolute atomic E-state index is 0.321. The first-order valence-corrected chi connectivity index (χ1v) is 6.61. The van der Waals surface area contributed by atoms with Gasteiger partial charge in [-0.2, -0.15) is 5.26 Å². The van der Waals surface area contributed by atoms with Crippen LogP contribution in [0.25, 0.3) is 10.9 Å². The van der Waals surface area contributed by atoms with Crippen molar-refractivity contribution in [1.82, 2.24) is 9.88 Å². The molecule has 0 saturated heterocycles. The largest absolute Gasteiger partial charge is 0.346 e. The van der Waals surface area contributed by atoms with Crippen molar-refractivity contribution in [3.63, 3.8) is 0 Å². The predicted molar refractivity (Wildman–Crippen MR) is 78.8 cm³/mol. The van der Waals surface area contributed by atoms with Crippen LogP contribution in [0, 0.1) is 23.7 Å². The maximum Gasteiger partial charge on any atom is 0.0697 e. The zero-order valence-electron chi connectivity index (χ0n) is 12.1. The van der Waals surface area contributed by atoms with Crippen molar-refractivity contribution in [3.8, 4) is 6.07 Å². The molecule has 0 spiro atoms. The molecule has 0 saturated carbocycles. The molecule has 0 aliphatic rings. The summed E-state index contributed by atoms with van der Waals surface area (Å²) in [6.07, 6.45) is 0. The molecule has 3 heteroatoms. The van der Waals surface area contributed by atoms with Crippen LogP contribution >= 0.6 is 0 Å². The van der Waals surface area contributed by atoms with E-state index in [1.165, 1.54) is 22.2 Å². The summed E-state index contributed by atoms with van der Waals surface area (Å²) in [5.74, 6) is 0. The highest BCUT2D eigenvalue weighted by atomic mass is 15.0. The molecule has 0 bridgehead atoms. The summed E-state index contributed by atoms with van der Waals surface area (Å²) < 4.78 is 2.23. The van der Waals surface area contributed by atoms with Gasteiger partial charge in [-0.15, -0.1) is 0 Å². The number of aromatic nitrogens is 1. The Morgan fingerprint density at radius 1 is 1.32 bits per heavy atom. The number of benzene rings is 1. The summed E-state index contributed by atoms with van der Waals surface area (Å²) >= 11 is 0. The van der Waals surface area contributed by atoms with Gasteiger partial charge in [0.1, 0.15) is 0 Å².